The number of carboxylic acids is 2. The molecular weight excluding hydrogens is 440 g/mol. The van der Waals surface area contributed by atoms with Crippen molar-refractivity contribution in [3.8, 4) is 0 Å². The summed E-state index contributed by atoms with van der Waals surface area (Å²) < 4.78 is 11.7. The van der Waals surface area contributed by atoms with Gasteiger partial charge in [-0.05, 0) is 25.7 Å². The van der Waals surface area contributed by atoms with Crippen LogP contribution in [0.4, 0.5) is 0 Å². The minimum atomic E-state index is -1.04. The predicted molar refractivity (Wildman–Crippen MR) is 128 cm³/mol. The van der Waals surface area contributed by atoms with Gasteiger partial charge in [-0.3, -0.25) is 9.59 Å². The van der Waals surface area contributed by atoms with Crippen LogP contribution in [0.25, 0.3) is 0 Å². The first kappa shape index (κ1) is 29.0. The summed E-state index contributed by atoms with van der Waals surface area (Å²) in [5.41, 5.74) is -2.07. The van der Waals surface area contributed by atoms with Crippen LogP contribution in [0.5, 0.6) is 0 Å². The van der Waals surface area contributed by atoms with Gasteiger partial charge in [0.05, 0.1) is 13.2 Å². The van der Waals surface area contributed by atoms with E-state index >= 15 is 0 Å². The van der Waals surface area contributed by atoms with Gasteiger partial charge in [0.15, 0.2) is 0 Å². The van der Waals surface area contributed by atoms with Gasteiger partial charge in [0, 0.05) is 12.8 Å². The minimum Gasteiger partial charge on any atom is -0.481 e. The maximum Gasteiger partial charge on any atom is 0.303 e. The maximum absolute atomic E-state index is 11.1. The zero-order valence-corrected chi connectivity index (χ0v) is 20.7. The standard InChI is InChI=1S/C26H46O8/c27-21(28)15-11-7-3-1-5-9-13-17-25(31)19-33-24-23(25)34-20-26(24,32)18-14-10-6-2-4-8-12-16-22(29)30/h23-24,31-32H,1-20H2,(H,27,28)(H,29,30)/t23-,24-,25-,26+/m0/s1. The van der Waals surface area contributed by atoms with E-state index in [-0.39, 0.29) is 26.1 Å². The molecule has 0 saturated carbocycles. The van der Waals surface area contributed by atoms with Crippen molar-refractivity contribution in [1.29, 1.82) is 0 Å². The van der Waals surface area contributed by atoms with Crippen LogP contribution in [0.15, 0.2) is 0 Å². The predicted octanol–water partition coefficient (Wildman–Crippen LogP) is 4.44. The van der Waals surface area contributed by atoms with Crippen molar-refractivity contribution < 1.29 is 39.5 Å². The van der Waals surface area contributed by atoms with Crippen molar-refractivity contribution in [3.05, 3.63) is 0 Å². The average Bonchev–Trinajstić information content (AvgIpc) is 3.29. The van der Waals surface area contributed by atoms with E-state index in [1.54, 1.807) is 0 Å². The fraction of sp³-hybridized carbons (Fsp3) is 0.923. The van der Waals surface area contributed by atoms with E-state index in [0.717, 1.165) is 89.9 Å². The van der Waals surface area contributed by atoms with E-state index in [9.17, 15) is 19.8 Å². The number of hydrogen-bond acceptors (Lipinski definition) is 6. The molecule has 8 heteroatoms. The van der Waals surface area contributed by atoms with Gasteiger partial charge >= 0.3 is 11.9 Å². The van der Waals surface area contributed by atoms with Crippen LogP contribution in [-0.2, 0) is 19.1 Å². The van der Waals surface area contributed by atoms with E-state index in [1.165, 1.54) is 0 Å². The molecule has 2 aliphatic heterocycles. The first-order valence-corrected chi connectivity index (χ1v) is 13.4. The molecular formula is C26H46O8. The molecule has 0 amide bonds. The van der Waals surface area contributed by atoms with E-state index in [4.69, 9.17) is 19.7 Å². The molecule has 2 rings (SSSR count). The third-order valence-corrected chi connectivity index (χ3v) is 7.36. The first-order valence-electron chi connectivity index (χ1n) is 13.4. The average molecular weight is 487 g/mol. The Kier molecular flexibility index (Phi) is 12.8. The van der Waals surface area contributed by atoms with E-state index in [2.05, 4.69) is 0 Å². The van der Waals surface area contributed by atoms with Crippen LogP contribution in [0.1, 0.15) is 116 Å². The summed E-state index contributed by atoms with van der Waals surface area (Å²) >= 11 is 0. The molecule has 0 unspecified atom stereocenters. The molecule has 198 valence electrons. The zero-order valence-electron chi connectivity index (χ0n) is 20.7. The van der Waals surface area contributed by atoms with Gasteiger partial charge in [0.1, 0.15) is 23.4 Å². The summed E-state index contributed by atoms with van der Waals surface area (Å²) in [4.78, 5) is 21.0. The van der Waals surface area contributed by atoms with Crippen molar-refractivity contribution >= 4 is 11.9 Å². The highest BCUT2D eigenvalue weighted by Gasteiger charge is 2.61. The van der Waals surface area contributed by atoms with Gasteiger partial charge in [-0.15, -0.1) is 0 Å². The van der Waals surface area contributed by atoms with Gasteiger partial charge in [-0.2, -0.15) is 0 Å². The van der Waals surface area contributed by atoms with Crippen LogP contribution in [-0.4, -0.2) is 69.0 Å². The first-order chi connectivity index (χ1) is 16.3. The van der Waals surface area contributed by atoms with Gasteiger partial charge in [-0.1, -0.05) is 77.0 Å². The van der Waals surface area contributed by atoms with Crippen molar-refractivity contribution in [2.75, 3.05) is 13.2 Å². The Bertz CT molecular complexity index is 560. The number of aliphatic hydroxyl groups is 2. The Morgan fingerprint density at radius 2 is 0.853 bits per heavy atom. The van der Waals surface area contributed by atoms with Gasteiger partial charge in [-0.25, -0.2) is 0 Å². The van der Waals surface area contributed by atoms with Crippen LogP contribution in [0, 0.1) is 0 Å². The van der Waals surface area contributed by atoms with Crippen molar-refractivity contribution in [1.82, 2.24) is 0 Å². The third kappa shape index (κ3) is 9.80. The number of rotatable bonds is 20. The van der Waals surface area contributed by atoms with Crippen LogP contribution >= 0.6 is 0 Å². The quantitative estimate of drug-likeness (QED) is 0.186. The molecule has 34 heavy (non-hydrogen) atoms. The number of carbonyl (C=O) groups is 2. The molecule has 2 aliphatic rings. The second-order valence-corrected chi connectivity index (χ2v) is 10.4. The lowest BCUT2D eigenvalue weighted by molar-refractivity contribution is -0.138. The molecule has 2 heterocycles. The summed E-state index contributed by atoms with van der Waals surface area (Å²) in [5.74, 6) is -1.46. The SMILES string of the molecule is O=C(O)CCCCCCCCC[C@@]1(O)CO[C@H]2[C@@H]1OC[C@@]2(O)CCCCCCCCCC(=O)O. The smallest absolute Gasteiger partial charge is 0.303 e. The van der Waals surface area contributed by atoms with Gasteiger partial charge in [0.2, 0.25) is 0 Å². The second kappa shape index (κ2) is 15.0. The molecule has 2 fully saturated rings. The highest BCUT2D eigenvalue weighted by atomic mass is 16.6. The highest BCUT2D eigenvalue weighted by molar-refractivity contribution is 5.66. The summed E-state index contributed by atoms with van der Waals surface area (Å²) in [7, 11) is 0. The summed E-state index contributed by atoms with van der Waals surface area (Å²) in [5, 5.41) is 39.5. The molecule has 0 aliphatic carbocycles. The molecule has 0 aromatic rings. The third-order valence-electron chi connectivity index (χ3n) is 7.36. The largest absolute Gasteiger partial charge is 0.481 e. The van der Waals surface area contributed by atoms with Gasteiger partial charge < -0.3 is 29.9 Å². The topological polar surface area (TPSA) is 134 Å². The number of fused-ring (bicyclic) bond motifs is 1. The Balaban J connectivity index is 1.56. The molecule has 0 aromatic heterocycles. The maximum atomic E-state index is 11.1. The summed E-state index contributed by atoms with van der Waals surface area (Å²) in [6.07, 6.45) is 14.3. The van der Waals surface area contributed by atoms with Crippen molar-refractivity contribution in [2.45, 2.75) is 139 Å². The highest BCUT2D eigenvalue weighted by Crippen LogP contribution is 2.43. The van der Waals surface area contributed by atoms with E-state index in [0.29, 0.717) is 12.8 Å². The fourth-order valence-corrected chi connectivity index (χ4v) is 5.29. The second-order valence-electron chi connectivity index (χ2n) is 10.4. The number of ether oxygens (including phenoxy) is 2. The van der Waals surface area contributed by atoms with Crippen molar-refractivity contribution in [2.24, 2.45) is 0 Å². The molecule has 4 atom stereocenters. The van der Waals surface area contributed by atoms with E-state index < -0.39 is 35.3 Å². The Labute approximate surface area is 204 Å². The zero-order chi connectivity index (χ0) is 24.9. The van der Waals surface area contributed by atoms with Crippen LogP contribution in [0.3, 0.4) is 0 Å². The fourth-order valence-electron chi connectivity index (χ4n) is 5.29. The molecule has 0 radical (unpaired) electrons. The number of carboxylic acid groups (broad SMARTS) is 2. The number of aliphatic carboxylic acids is 2. The van der Waals surface area contributed by atoms with Crippen LogP contribution < -0.4 is 0 Å². The number of unbranched alkanes of at least 4 members (excludes halogenated alkanes) is 12. The summed E-state index contributed by atoms with van der Waals surface area (Å²) in [6, 6.07) is 0. The molecule has 2 saturated heterocycles. The van der Waals surface area contributed by atoms with Crippen molar-refractivity contribution in [3.63, 3.8) is 0 Å². The van der Waals surface area contributed by atoms with E-state index in [1.807, 2.05) is 0 Å². The minimum absolute atomic E-state index is 0.205. The lowest BCUT2D eigenvalue weighted by Crippen LogP contribution is -2.47. The molecule has 0 spiro atoms. The Morgan fingerprint density at radius 1 is 0.559 bits per heavy atom. The monoisotopic (exact) mass is 486 g/mol. The van der Waals surface area contributed by atoms with Gasteiger partial charge in [0.25, 0.3) is 0 Å². The van der Waals surface area contributed by atoms with Crippen LogP contribution in [0.2, 0.25) is 0 Å². The Morgan fingerprint density at radius 3 is 1.18 bits per heavy atom. The molecule has 4 N–H and O–H groups in total. The Hall–Kier alpha value is -1.22. The normalized spacial score (nSPS) is 28.3. The summed E-state index contributed by atoms with van der Waals surface area (Å²) in [6.45, 7) is 0.409. The molecule has 0 aromatic carbocycles. The lowest BCUT2D eigenvalue weighted by Gasteiger charge is -2.28. The molecule has 0 bridgehead atoms. The molecule has 8 nitrogen and oxygen atoms in total. The number of hydrogen-bond donors (Lipinski definition) is 4. The lowest BCUT2D eigenvalue weighted by atomic mass is 9.84.